The largest absolute Gasteiger partial charge is 0.868 e. The Bertz CT molecular complexity index is 1030. The van der Waals surface area contributed by atoms with Crippen molar-refractivity contribution in [1.82, 2.24) is 5.43 Å². The molecule has 8 heteroatoms. The van der Waals surface area contributed by atoms with Gasteiger partial charge in [0, 0.05) is 17.1 Å². The molecule has 136 valence electrons. The molecule has 0 radical (unpaired) electrons. The van der Waals surface area contributed by atoms with Crippen molar-refractivity contribution in [2.45, 2.75) is 0 Å². The Hall–Kier alpha value is -3.94. The van der Waals surface area contributed by atoms with Gasteiger partial charge in [-0.1, -0.05) is 42.5 Å². The maximum absolute atomic E-state index is 11.9. The second-order valence-electron chi connectivity index (χ2n) is 5.66. The van der Waals surface area contributed by atoms with Gasteiger partial charge in [0.15, 0.2) is 0 Å². The first-order valence-corrected chi connectivity index (χ1v) is 8.03. The minimum atomic E-state index is -0.746. The zero-order valence-corrected chi connectivity index (χ0v) is 14.1. The molecule has 0 saturated heterocycles. The summed E-state index contributed by atoms with van der Waals surface area (Å²) in [5, 5.41) is 31.0. The fourth-order valence-corrected chi connectivity index (χ4v) is 2.54. The highest BCUT2D eigenvalue weighted by atomic mass is 16.6. The third kappa shape index (κ3) is 4.37. The summed E-state index contributed by atoms with van der Waals surface area (Å²) in [7, 11) is 0. The molecule has 0 heterocycles. The van der Waals surface area contributed by atoms with Crippen molar-refractivity contribution in [3.8, 4) is 5.75 Å². The molecule has 0 aromatic heterocycles. The lowest BCUT2D eigenvalue weighted by atomic mass is 10.1. The van der Waals surface area contributed by atoms with Crippen molar-refractivity contribution in [1.29, 1.82) is 0 Å². The van der Waals surface area contributed by atoms with Crippen molar-refractivity contribution in [3.63, 3.8) is 0 Å². The van der Waals surface area contributed by atoms with E-state index in [9.17, 15) is 20.0 Å². The molecule has 3 rings (SSSR count). The standard InChI is InChI=1S/C19H16N4O4/c24-18-10-13(8-9-17(18)23(26)27)11-21-22-19(25)12-20-16-7-3-5-14-4-1-2-6-15(14)16/h1-11,20,24H,12H2,(H,22,25)/p-1/b21-11-. The number of hydrazone groups is 1. The van der Waals surface area contributed by atoms with Crippen molar-refractivity contribution >= 4 is 34.3 Å². The predicted octanol–water partition coefficient (Wildman–Crippen LogP) is 2.38. The van der Waals surface area contributed by atoms with Gasteiger partial charge in [-0.2, -0.15) is 5.10 Å². The molecule has 0 atom stereocenters. The zero-order chi connectivity index (χ0) is 19.2. The number of hydrogen-bond donors (Lipinski definition) is 2. The number of amides is 1. The Morgan fingerprint density at radius 1 is 1.11 bits per heavy atom. The van der Waals surface area contributed by atoms with Gasteiger partial charge in [-0.15, -0.1) is 0 Å². The van der Waals surface area contributed by atoms with Crippen molar-refractivity contribution < 1.29 is 14.8 Å². The van der Waals surface area contributed by atoms with Crippen molar-refractivity contribution in [2.75, 3.05) is 11.9 Å². The smallest absolute Gasteiger partial charge is 0.261 e. The Morgan fingerprint density at radius 3 is 2.67 bits per heavy atom. The van der Waals surface area contributed by atoms with E-state index in [1.54, 1.807) is 0 Å². The average Bonchev–Trinajstić information content (AvgIpc) is 2.66. The quantitative estimate of drug-likeness (QED) is 0.396. The third-order valence-electron chi connectivity index (χ3n) is 3.81. The van der Waals surface area contributed by atoms with Gasteiger partial charge in [-0.05, 0) is 28.8 Å². The number of nitro groups is 1. The van der Waals surface area contributed by atoms with Gasteiger partial charge >= 0.3 is 0 Å². The van der Waals surface area contributed by atoms with Crippen LogP contribution in [-0.4, -0.2) is 23.6 Å². The molecule has 0 fully saturated rings. The third-order valence-corrected chi connectivity index (χ3v) is 3.81. The van der Waals surface area contributed by atoms with Crippen LogP contribution in [0.25, 0.3) is 10.8 Å². The number of nitrogens with one attached hydrogen (secondary N) is 2. The summed E-state index contributed by atoms with van der Waals surface area (Å²) in [5.74, 6) is -1.09. The maximum atomic E-state index is 11.9. The highest BCUT2D eigenvalue weighted by Crippen LogP contribution is 2.23. The van der Waals surface area contributed by atoms with Crippen LogP contribution in [0.2, 0.25) is 0 Å². The Morgan fingerprint density at radius 2 is 1.89 bits per heavy atom. The van der Waals surface area contributed by atoms with Crippen LogP contribution in [0.15, 0.2) is 65.8 Å². The summed E-state index contributed by atoms with van der Waals surface area (Å²) in [6, 6.07) is 17.1. The van der Waals surface area contributed by atoms with Gasteiger partial charge in [0.25, 0.3) is 11.6 Å². The van der Waals surface area contributed by atoms with E-state index in [2.05, 4.69) is 15.8 Å². The van der Waals surface area contributed by atoms with Gasteiger partial charge in [0.2, 0.25) is 0 Å². The van der Waals surface area contributed by atoms with Gasteiger partial charge in [0.1, 0.15) is 0 Å². The molecule has 0 bridgehead atoms. The van der Waals surface area contributed by atoms with E-state index in [4.69, 9.17) is 0 Å². The van der Waals surface area contributed by atoms with E-state index in [1.807, 2.05) is 42.5 Å². The summed E-state index contributed by atoms with van der Waals surface area (Å²) < 4.78 is 0. The minimum Gasteiger partial charge on any atom is -0.868 e. The van der Waals surface area contributed by atoms with Crippen LogP contribution >= 0.6 is 0 Å². The lowest BCUT2D eigenvalue weighted by Crippen LogP contribution is -2.25. The second kappa shape index (κ2) is 7.96. The first kappa shape index (κ1) is 17.9. The molecule has 1 amide bonds. The fraction of sp³-hybridized carbons (Fsp3) is 0.0526. The minimum absolute atomic E-state index is 0.0123. The highest BCUT2D eigenvalue weighted by molar-refractivity contribution is 5.95. The Balaban J connectivity index is 1.57. The average molecular weight is 363 g/mol. The normalized spacial score (nSPS) is 10.8. The van der Waals surface area contributed by atoms with E-state index in [0.717, 1.165) is 28.6 Å². The fourth-order valence-electron chi connectivity index (χ4n) is 2.54. The molecule has 0 spiro atoms. The molecule has 3 aromatic rings. The number of nitrogens with zero attached hydrogens (tertiary/aromatic N) is 2. The van der Waals surface area contributed by atoms with Crippen LogP contribution in [0.4, 0.5) is 11.4 Å². The Labute approximate surface area is 154 Å². The molecule has 0 unspecified atom stereocenters. The Kier molecular flexibility index (Phi) is 5.27. The molecule has 8 nitrogen and oxygen atoms in total. The molecule has 0 aliphatic carbocycles. The number of anilines is 1. The lowest BCUT2D eigenvalue weighted by Gasteiger charge is -2.09. The molecule has 2 N–H and O–H groups in total. The first-order valence-electron chi connectivity index (χ1n) is 8.03. The summed E-state index contributed by atoms with van der Waals surface area (Å²) in [6.45, 7) is 0.0123. The molecule has 0 saturated carbocycles. The van der Waals surface area contributed by atoms with Gasteiger partial charge in [0.05, 0.1) is 17.7 Å². The van der Waals surface area contributed by atoms with E-state index < -0.39 is 16.4 Å². The van der Waals surface area contributed by atoms with Gasteiger partial charge in [-0.3, -0.25) is 14.9 Å². The van der Waals surface area contributed by atoms with Crippen LogP contribution in [0, 0.1) is 10.1 Å². The van der Waals surface area contributed by atoms with Crippen LogP contribution < -0.4 is 15.8 Å². The number of nitro benzene ring substituents is 1. The maximum Gasteiger partial charge on any atom is 0.261 e. The van der Waals surface area contributed by atoms with Gasteiger partial charge in [-0.25, -0.2) is 5.43 Å². The van der Waals surface area contributed by atoms with E-state index >= 15 is 0 Å². The lowest BCUT2D eigenvalue weighted by molar-refractivity contribution is -0.398. The summed E-state index contributed by atoms with van der Waals surface area (Å²) in [6.07, 6.45) is 1.25. The highest BCUT2D eigenvalue weighted by Gasteiger charge is 2.06. The monoisotopic (exact) mass is 363 g/mol. The molecule has 3 aromatic carbocycles. The van der Waals surface area contributed by atoms with Crippen LogP contribution in [0.1, 0.15) is 5.56 Å². The summed E-state index contributed by atoms with van der Waals surface area (Å²) >= 11 is 0. The SMILES string of the molecule is O=C(CNc1cccc2ccccc12)N/N=C\c1ccc([N+](=O)[O-])c([O-])c1. The zero-order valence-electron chi connectivity index (χ0n) is 14.1. The van der Waals surface area contributed by atoms with Crippen molar-refractivity contribution in [3.05, 3.63) is 76.3 Å². The van der Waals surface area contributed by atoms with Gasteiger partial charge < -0.3 is 10.4 Å². The number of rotatable bonds is 6. The number of carbonyl (C=O) groups excluding carboxylic acids is 1. The number of carbonyl (C=O) groups is 1. The molecule has 0 aliphatic heterocycles. The van der Waals surface area contributed by atoms with Crippen LogP contribution in [0.5, 0.6) is 5.75 Å². The number of hydrogen-bond acceptors (Lipinski definition) is 6. The molecular weight excluding hydrogens is 348 g/mol. The van der Waals surface area contributed by atoms with Crippen LogP contribution in [-0.2, 0) is 4.79 Å². The van der Waals surface area contributed by atoms with Crippen molar-refractivity contribution in [2.24, 2.45) is 5.10 Å². The molecule has 0 aliphatic rings. The first-order chi connectivity index (χ1) is 13.0. The second-order valence-corrected chi connectivity index (χ2v) is 5.66. The van der Waals surface area contributed by atoms with Crippen LogP contribution in [0.3, 0.4) is 0 Å². The van der Waals surface area contributed by atoms with E-state index in [-0.39, 0.29) is 12.5 Å². The summed E-state index contributed by atoms with van der Waals surface area (Å²) in [5.41, 5.74) is 3.02. The summed E-state index contributed by atoms with van der Waals surface area (Å²) in [4.78, 5) is 21.8. The number of fused-ring (bicyclic) bond motifs is 1. The molecule has 27 heavy (non-hydrogen) atoms. The number of benzene rings is 3. The predicted molar refractivity (Wildman–Crippen MR) is 101 cm³/mol. The topological polar surface area (TPSA) is 120 Å². The molecular formula is C19H15N4O4-. The van der Waals surface area contributed by atoms with E-state index in [1.165, 1.54) is 12.3 Å². The van der Waals surface area contributed by atoms with E-state index in [0.29, 0.717) is 5.56 Å².